The molecule has 1 unspecified atom stereocenters. The van der Waals surface area contributed by atoms with Crippen LogP contribution in [0.15, 0.2) is 72.8 Å². The van der Waals surface area contributed by atoms with E-state index in [1.165, 1.54) is 0 Å². The van der Waals surface area contributed by atoms with E-state index in [2.05, 4.69) is 17.4 Å². The summed E-state index contributed by atoms with van der Waals surface area (Å²) in [6.45, 7) is 0.959. The Bertz CT molecular complexity index is 1120. The SMILES string of the molecule is COCCOc1cccc(CC(NC(=O)OCC2c3ccccc3-c3ccccc32)C(=O)O)c1. The number of carboxylic acids is 1. The van der Waals surface area contributed by atoms with Crippen LogP contribution in [0.25, 0.3) is 11.1 Å². The first-order valence-corrected chi connectivity index (χ1v) is 11.1. The average Bonchev–Trinajstić information content (AvgIpc) is 3.16. The van der Waals surface area contributed by atoms with Crippen molar-refractivity contribution in [3.63, 3.8) is 0 Å². The molecule has 0 bridgehead atoms. The average molecular weight is 462 g/mol. The summed E-state index contributed by atoms with van der Waals surface area (Å²) in [6, 6.07) is 22.1. The number of benzene rings is 3. The smallest absolute Gasteiger partial charge is 0.407 e. The third-order valence-electron chi connectivity index (χ3n) is 5.83. The Hall–Kier alpha value is -3.84. The molecule has 1 aliphatic rings. The van der Waals surface area contributed by atoms with E-state index in [1.807, 2.05) is 36.4 Å². The molecule has 1 atom stereocenters. The minimum atomic E-state index is -1.14. The number of rotatable bonds is 10. The van der Waals surface area contributed by atoms with Crippen molar-refractivity contribution in [1.82, 2.24) is 5.32 Å². The highest BCUT2D eigenvalue weighted by molar-refractivity contribution is 5.81. The van der Waals surface area contributed by atoms with Gasteiger partial charge in [0.1, 0.15) is 25.0 Å². The Kier molecular flexibility index (Phi) is 7.44. The fourth-order valence-electron chi connectivity index (χ4n) is 4.22. The van der Waals surface area contributed by atoms with Crippen molar-refractivity contribution >= 4 is 12.1 Å². The molecular weight excluding hydrogens is 434 g/mol. The van der Waals surface area contributed by atoms with Gasteiger partial charge in [0, 0.05) is 19.4 Å². The maximum atomic E-state index is 12.5. The molecular formula is C27H27NO6. The number of carbonyl (C=O) groups is 2. The quantitative estimate of drug-likeness (QED) is 0.439. The van der Waals surface area contributed by atoms with Crippen molar-refractivity contribution < 1.29 is 28.9 Å². The lowest BCUT2D eigenvalue weighted by Crippen LogP contribution is -2.42. The number of fused-ring (bicyclic) bond motifs is 3. The summed E-state index contributed by atoms with van der Waals surface area (Å²) in [5.74, 6) is -0.624. The maximum absolute atomic E-state index is 12.5. The van der Waals surface area contributed by atoms with E-state index in [4.69, 9.17) is 14.2 Å². The zero-order valence-electron chi connectivity index (χ0n) is 18.9. The Morgan fingerprint density at radius 2 is 1.62 bits per heavy atom. The van der Waals surface area contributed by atoms with E-state index in [-0.39, 0.29) is 18.9 Å². The summed E-state index contributed by atoms with van der Waals surface area (Å²) in [4.78, 5) is 24.3. The standard InChI is InChI=1S/C27H27NO6/c1-32-13-14-33-19-8-6-7-18(15-19)16-25(26(29)30)28-27(31)34-17-24-22-11-4-2-9-20(22)21-10-3-5-12-23(21)24/h2-12,15,24-25H,13-14,16-17H2,1H3,(H,28,31)(H,29,30). The molecule has 7 nitrogen and oxygen atoms in total. The second kappa shape index (κ2) is 10.9. The van der Waals surface area contributed by atoms with Crippen LogP contribution in [0.2, 0.25) is 0 Å². The van der Waals surface area contributed by atoms with Gasteiger partial charge in [0.15, 0.2) is 0 Å². The van der Waals surface area contributed by atoms with Crippen LogP contribution in [0.5, 0.6) is 5.75 Å². The van der Waals surface area contributed by atoms with Crippen LogP contribution in [-0.2, 0) is 20.7 Å². The highest BCUT2D eigenvalue weighted by Gasteiger charge is 2.29. The molecule has 0 spiro atoms. The molecule has 0 heterocycles. The molecule has 0 aromatic heterocycles. The zero-order chi connectivity index (χ0) is 23.9. The third kappa shape index (κ3) is 5.38. The van der Waals surface area contributed by atoms with E-state index in [0.717, 1.165) is 27.8 Å². The van der Waals surface area contributed by atoms with Crippen LogP contribution in [0.1, 0.15) is 22.6 Å². The first-order chi connectivity index (χ1) is 16.6. The minimum absolute atomic E-state index is 0.0950. The van der Waals surface area contributed by atoms with Crippen molar-refractivity contribution in [2.24, 2.45) is 0 Å². The fraction of sp³-hybridized carbons (Fsp3) is 0.259. The second-order valence-corrected chi connectivity index (χ2v) is 8.05. The number of amides is 1. The van der Waals surface area contributed by atoms with Crippen molar-refractivity contribution in [1.29, 1.82) is 0 Å². The lowest BCUT2D eigenvalue weighted by atomic mass is 9.98. The van der Waals surface area contributed by atoms with Gasteiger partial charge in [-0.1, -0.05) is 60.7 Å². The molecule has 4 rings (SSSR count). The number of methoxy groups -OCH3 is 1. The Morgan fingerprint density at radius 1 is 0.941 bits per heavy atom. The van der Waals surface area contributed by atoms with Crippen LogP contribution in [0.4, 0.5) is 4.79 Å². The maximum Gasteiger partial charge on any atom is 0.407 e. The molecule has 0 saturated carbocycles. The number of carboxylic acid groups (broad SMARTS) is 1. The normalized spacial score (nSPS) is 13.0. The van der Waals surface area contributed by atoms with E-state index in [9.17, 15) is 14.7 Å². The zero-order valence-corrected chi connectivity index (χ0v) is 18.9. The predicted octanol–water partition coefficient (Wildman–Crippen LogP) is 4.25. The van der Waals surface area contributed by atoms with Gasteiger partial charge in [-0.15, -0.1) is 0 Å². The van der Waals surface area contributed by atoms with Crippen LogP contribution < -0.4 is 10.1 Å². The molecule has 7 heteroatoms. The van der Waals surface area contributed by atoms with Gasteiger partial charge in [0.2, 0.25) is 0 Å². The summed E-state index contributed by atoms with van der Waals surface area (Å²) in [5.41, 5.74) is 5.17. The fourth-order valence-corrected chi connectivity index (χ4v) is 4.22. The van der Waals surface area contributed by atoms with Crippen molar-refractivity contribution in [2.45, 2.75) is 18.4 Å². The Labute approximate surface area is 198 Å². The van der Waals surface area contributed by atoms with Gasteiger partial charge in [-0.2, -0.15) is 0 Å². The molecule has 0 aliphatic heterocycles. The van der Waals surface area contributed by atoms with Gasteiger partial charge in [-0.05, 0) is 39.9 Å². The number of hydrogen-bond acceptors (Lipinski definition) is 5. The molecule has 176 valence electrons. The Morgan fingerprint density at radius 3 is 2.26 bits per heavy atom. The van der Waals surface area contributed by atoms with Gasteiger partial charge in [-0.25, -0.2) is 9.59 Å². The molecule has 0 saturated heterocycles. The third-order valence-corrected chi connectivity index (χ3v) is 5.83. The van der Waals surface area contributed by atoms with Crippen molar-refractivity contribution in [3.8, 4) is 16.9 Å². The lowest BCUT2D eigenvalue weighted by molar-refractivity contribution is -0.139. The largest absolute Gasteiger partial charge is 0.491 e. The van der Waals surface area contributed by atoms with Crippen molar-refractivity contribution in [3.05, 3.63) is 89.5 Å². The van der Waals surface area contributed by atoms with Crippen LogP contribution in [-0.4, -0.2) is 50.1 Å². The lowest BCUT2D eigenvalue weighted by Gasteiger charge is -2.18. The number of alkyl carbamates (subject to hydrolysis) is 1. The predicted molar refractivity (Wildman–Crippen MR) is 127 cm³/mol. The number of ether oxygens (including phenoxy) is 3. The molecule has 3 aromatic rings. The summed E-state index contributed by atoms with van der Waals surface area (Å²) in [6.07, 6.45) is -0.664. The highest BCUT2D eigenvalue weighted by Crippen LogP contribution is 2.44. The summed E-state index contributed by atoms with van der Waals surface area (Å²) in [5, 5.41) is 12.1. The van der Waals surface area contributed by atoms with Crippen LogP contribution >= 0.6 is 0 Å². The minimum Gasteiger partial charge on any atom is -0.491 e. The van der Waals surface area contributed by atoms with Gasteiger partial charge in [-0.3, -0.25) is 0 Å². The molecule has 1 amide bonds. The van der Waals surface area contributed by atoms with Gasteiger partial charge in [0.05, 0.1) is 6.61 Å². The number of aliphatic carboxylic acids is 1. The van der Waals surface area contributed by atoms with Gasteiger partial charge in [0.25, 0.3) is 0 Å². The summed E-state index contributed by atoms with van der Waals surface area (Å²) in [7, 11) is 1.59. The van der Waals surface area contributed by atoms with E-state index < -0.39 is 18.1 Å². The highest BCUT2D eigenvalue weighted by atomic mass is 16.5. The second-order valence-electron chi connectivity index (χ2n) is 8.05. The molecule has 34 heavy (non-hydrogen) atoms. The molecule has 3 aromatic carbocycles. The van der Waals surface area contributed by atoms with E-state index in [0.29, 0.717) is 19.0 Å². The van der Waals surface area contributed by atoms with Crippen molar-refractivity contribution in [2.75, 3.05) is 26.9 Å². The number of hydrogen-bond donors (Lipinski definition) is 2. The Balaban J connectivity index is 1.38. The molecule has 0 fully saturated rings. The number of carbonyl (C=O) groups excluding carboxylic acids is 1. The van der Waals surface area contributed by atoms with Gasteiger partial charge >= 0.3 is 12.1 Å². The first kappa shape index (κ1) is 23.3. The van der Waals surface area contributed by atoms with Crippen LogP contribution in [0, 0.1) is 0 Å². The topological polar surface area (TPSA) is 94.1 Å². The molecule has 2 N–H and O–H groups in total. The summed E-state index contributed by atoms with van der Waals surface area (Å²) >= 11 is 0. The molecule has 1 aliphatic carbocycles. The number of nitrogens with one attached hydrogen (secondary N) is 1. The van der Waals surface area contributed by atoms with Gasteiger partial charge < -0.3 is 24.6 Å². The monoisotopic (exact) mass is 461 g/mol. The van der Waals surface area contributed by atoms with E-state index in [1.54, 1.807) is 31.4 Å². The van der Waals surface area contributed by atoms with E-state index >= 15 is 0 Å². The molecule has 0 radical (unpaired) electrons. The van der Waals surface area contributed by atoms with Crippen LogP contribution in [0.3, 0.4) is 0 Å². The summed E-state index contributed by atoms with van der Waals surface area (Å²) < 4.78 is 16.0. The first-order valence-electron chi connectivity index (χ1n) is 11.1.